The molecule has 0 aliphatic carbocycles. The van der Waals surface area contributed by atoms with Gasteiger partial charge >= 0.3 is 6.61 Å². The molecule has 1 N–H and O–H groups in total. The third kappa shape index (κ3) is 5.83. The number of amides is 1. The molecule has 0 atom stereocenters. The van der Waals surface area contributed by atoms with E-state index < -0.39 is 22.5 Å². The Morgan fingerprint density at radius 1 is 1.03 bits per heavy atom. The van der Waals surface area contributed by atoms with Crippen LogP contribution < -0.4 is 10.1 Å². The Bertz CT molecular complexity index is 1030. The van der Waals surface area contributed by atoms with Gasteiger partial charge < -0.3 is 10.1 Å². The van der Waals surface area contributed by atoms with E-state index in [-0.39, 0.29) is 46.0 Å². The van der Waals surface area contributed by atoms with Crippen LogP contribution in [0.25, 0.3) is 0 Å². The summed E-state index contributed by atoms with van der Waals surface area (Å²) in [5, 5.41) is 2.62. The molecule has 0 saturated carbocycles. The number of piperazine rings is 1. The summed E-state index contributed by atoms with van der Waals surface area (Å²) in [4.78, 5) is 14.0. The molecule has 0 unspecified atom stereocenters. The second-order valence-electron chi connectivity index (χ2n) is 6.65. The Kier molecular flexibility index (Phi) is 7.71. The minimum absolute atomic E-state index is 0.0379. The maximum Gasteiger partial charge on any atom is 0.387 e. The minimum Gasteiger partial charge on any atom is -0.433 e. The van der Waals surface area contributed by atoms with Crippen LogP contribution in [0.3, 0.4) is 0 Å². The summed E-state index contributed by atoms with van der Waals surface area (Å²) in [7, 11) is -3.89. The number of ether oxygens (including phenoxy) is 1. The van der Waals surface area contributed by atoms with Crippen LogP contribution in [0.5, 0.6) is 5.75 Å². The highest BCUT2D eigenvalue weighted by Crippen LogP contribution is 2.32. The first-order chi connectivity index (χ1) is 14.7. The number of benzene rings is 2. The van der Waals surface area contributed by atoms with Crippen LogP contribution in [0.4, 0.5) is 14.5 Å². The van der Waals surface area contributed by atoms with Gasteiger partial charge in [-0.1, -0.05) is 41.4 Å². The van der Waals surface area contributed by atoms with Crippen molar-refractivity contribution < 1.29 is 26.7 Å². The molecule has 1 fully saturated rings. The zero-order valence-corrected chi connectivity index (χ0v) is 18.4. The lowest BCUT2D eigenvalue weighted by Crippen LogP contribution is -2.50. The topological polar surface area (TPSA) is 79.0 Å². The van der Waals surface area contributed by atoms with Crippen molar-refractivity contribution >= 4 is 44.8 Å². The molecule has 168 valence electrons. The summed E-state index contributed by atoms with van der Waals surface area (Å²) >= 11 is 12.1. The summed E-state index contributed by atoms with van der Waals surface area (Å²) in [5.41, 5.74) is 0.127. The fourth-order valence-corrected chi connectivity index (χ4v) is 5.66. The Morgan fingerprint density at radius 2 is 1.65 bits per heavy atom. The number of nitrogens with one attached hydrogen (secondary N) is 1. The number of para-hydroxylation sites is 2. The molecule has 1 aliphatic rings. The number of anilines is 1. The first kappa shape index (κ1) is 23.7. The van der Waals surface area contributed by atoms with Crippen molar-refractivity contribution in [3.63, 3.8) is 0 Å². The molecule has 3 rings (SSSR count). The van der Waals surface area contributed by atoms with Crippen LogP contribution in [0.1, 0.15) is 0 Å². The molecule has 1 saturated heterocycles. The number of carbonyl (C=O) groups excluding carboxylic acids is 1. The van der Waals surface area contributed by atoms with E-state index in [1.807, 2.05) is 0 Å². The number of nitrogens with zero attached hydrogens (tertiary/aromatic N) is 2. The van der Waals surface area contributed by atoms with E-state index in [9.17, 15) is 22.0 Å². The number of hydrogen-bond acceptors (Lipinski definition) is 5. The highest BCUT2D eigenvalue weighted by atomic mass is 35.5. The second-order valence-corrected chi connectivity index (χ2v) is 9.34. The van der Waals surface area contributed by atoms with Gasteiger partial charge in [-0.05, 0) is 24.3 Å². The molecular weight excluding hydrogens is 475 g/mol. The average Bonchev–Trinajstić information content (AvgIpc) is 2.69. The number of carbonyl (C=O) groups is 1. The normalized spacial score (nSPS) is 15.8. The molecule has 0 aromatic heterocycles. The zero-order valence-electron chi connectivity index (χ0n) is 16.1. The molecule has 12 heteroatoms. The van der Waals surface area contributed by atoms with Gasteiger partial charge in [-0.15, -0.1) is 0 Å². The van der Waals surface area contributed by atoms with E-state index in [2.05, 4.69) is 10.1 Å². The lowest BCUT2D eigenvalue weighted by molar-refractivity contribution is -0.117. The predicted octanol–water partition coefficient (Wildman–Crippen LogP) is 3.54. The maximum absolute atomic E-state index is 12.9. The van der Waals surface area contributed by atoms with Gasteiger partial charge in [0.15, 0.2) is 0 Å². The molecule has 1 heterocycles. The quantitative estimate of drug-likeness (QED) is 0.637. The first-order valence-electron chi connectivity index (χ1n) is 9.18. The second kappa shape index (κ2) is 10.1. The third-order valence-electron chi connectivity index (χ3n) is 4.59. The summed E-state index contributed by atoms with van der Waals surface area (Å²) in [5.74, 6) is -0.575. The van der Waals surface area contributed by atoms with Gasteiger partial charge in [0.1, 0.15) is 10.6 Å². The highest BCUT2D eigenvalue weighted by Gasteiger charge is 2.32. The van der Waals surface area contributed by atoms with Gasteiger partial charge in [0.25, 0.3) is 0 Å². The standard InChI is InChI=1S/C19H19Cl2F2N3O4S/c20-13-4-3-5-14(21)18(13)31(28,29)26-10-8-25(9-11-26)12-17(27)24-15-6-1-2-7-16(15)30-19(22)23/h1-7,19H,8-12H2,(H,24,27). The number of hydrogen-bond donors (Lipinski definition) is 1. The number of halogens is 4. The fraction of sp³-hybridized carbons (Fsp3) is 0.316. The molecule has 31 heavy (non-hydrogen) atoms. The highest BCUT2D eigenvalue weighted by molar-refractivity contribution is 7.89. The van der Waals surface area contributed by atoms with E-state index >= 15 is 0 Å². The van der Waals surface area contributed by atoms with Crippen LogP contribution in [0, 0.1) is 0 Å². The van der Waals surface area contributed by atoms with Crippen molar-refractivity contribution in [2.75, 3.05) is 38.0 Å². The Morgan fingerprint density at radius 3 is 2.26 bits per heavy atom. The number of rotatable bonds is 7. The molecule has 0 spiro atoms. The van der Waals surface area contributed by atoms with Crippen LogP contribution in [0.2, 0.25) is 10.0 Å². The Balaban J connectivity index is 1.59. The molecular formula is C19H19Cl2F2N3O4S. The van der Waals surface area contributed by atoms with Crippen LogP contribution in [-0.4, -0.2) is 62.9 Å². The molecule has 1 amide bonds. The van der Waals surface area contributed by atoms with Gasteiger partial charge in [0.2, 0.25) is 15.9 Å². The first-order valence-corrected chi connectivity index (χ1v) is 11.4. The predicted molar refractivity (Wildman–Crippen MR) is 113 cm³/mol. The van der Waals surface area contributed by atoms with Crippen molar-refractivity contribution in [2.24, 2.45) is 0 Å². The molecule has 2 aromatic rings. The minimum atomic E-state index is -3.89. The summed E-state index contributed by atoms with van der Waals surface area (Å²) < 4.78 is 56.5. The van der Waals surface area contributed by atoms with E-state index in [1.54, 1.807) is 17.0 Å². The monoisotopic (exact) mass is 493 g/mol. The number of alkyl halides is 2. The fourth-order valence-electron chi connectivity index (χ4n) is 3.15. The van der Waals surface area contributed by atoms with Crippen molar-refractivity contribution in [1.82, 2.24) is 9.21 Å². The smallest absolute Gasteiger partial charge is 0.387 e. The van der Waals surface area contributed by atoms with E-state index in [0.717, 1.165) is 0 Å². The van der Waals surface area contributed by atoms with Gasteiger partial charge in [0.05, 0.1) is 22.3 Å². The van der Waals surface area contributed by atoms with E-state index in [0.29, 0.717) is 13.1 Å². The van der Waals surface area contributed by atoms with E-state index in [1.165, 1.54) is 34.6 Å². The van der Waals surface area contributed by atoms with Gasteiger partial charge in [-0.3, -0.25) is 9.69 Å². The Labute approximate surface area is 188 Å². The van der Waals surface area contributed by atoms with Crippen molar-refractivity contribution in [3.8, 4) is 5.75 Å². The lowest BCUT2D eigenvalue weighted by Gasteiger charge is -2.33. The Hall–Kier alpha value is -1.98. The van der Waals surface area contributed by atoms with Crippen LogP contribution in [0.15, 0.2) is 47.4 Å². The summed E-state index contributed by atoms with van der Waals surface area (Å²) in [6.07, 6.45) is 0. The molecule has 7 nitrogen and oxygen atoms in total. The van der Waals surface area contributed by atoms with Crippen LogP contribution in [-0.2, 0) is 14.8 Å². The van der Waals surface area contributed by atoms with Gasteiger partial charge in [-0.2, -0.15) is 13.1 Å². The maximum atomic E-state index is 12.9. The zero-order chi connectivity index (χ0) is 22.6. The summed E-state index contributed by atoms with van der Waals surface area (Å²) in [6.45, 7) is -2.18. The van der Waals surface area contributed by atoms with Crippen molar-refractivity contribution in [1.29, 1.82) is 0 Å². The largest absolute Gasteiger partial charge is 0.433 e. The number of sulfonamides is 1. The van der Waals surface area contributed by atoms with Crippen molar-refractivity contribution in [3.05, 3.63) is 52.5 Å². The van der Waals surface area contributed by atoms with Crippen LogP contribution >= 0.6 is 23.2 Å². The molecule has 2 aromatic carbocycles. The van der Waals surface area contributed by atoms with Crippen molar-refractivity contribution in [2.45, 2.75) is 11.5 Å². The SMILES string of the molecule is O=C(CN1CCN(S(=O)(=O)c2c(Cl)cccc2Cl)CC1)Nc1ccccc1OC(F)F. The van der Waals surface area contributed by atoms with Gasteiger partial charge in [-0.25, -0.2) is 8.42 Å². The van der Waals surface area contributed by atoms with Gasteiger partial charge in [0, 0.05) is 26.2 Å². The molecule has 1 aliphatic heterocycles. The molecule has 0 bridgehead atoms. The summed E-state index contributed by atoms with van der Waals surface area (Å²) in [6, 6.07) is 10.3. The van der Waals surface area contributed by atoms with E-state index in [4.69, 9.17) is 23.2 Å². The lowest BCUT2D eigenvalue weighted by atomic mass is 10.3. The average molecular weight is 494 g/mol. The third-order valence-corrected chi connectivity index (χ3v) is 7.45. The molecule has 0 radical (unpaired) electrons.